The number of likely N-dealkylation sites (tertiary alicyclic amines) is 1. The van der Waals surface area contributed by atoms with Gasteiger partial charge in [0.05, 0.1) is 17.1 Å². The van der Waals surface area contributed by atoms with E-state index in [1.165, 1.54) is 12.4 Å². The maximum absolute atomic E-state index is 15.1. The van der Waals surface area contributed by atoms with Gasteiger partial charge in [0.25, 0.3) is 0 Å². The van der Waals surface area contributed by atoms with Gasteiger partial charge in [-0.25, -0.2) is 14.4 Å². The van der Waals surface area contributed by atoms with Crippen LogP contribution in [0.25, 0.3) is 22.2 Å². The van der Waals surface area contributed by atoms with Crippen LogP contribution < -0.4 is 10.5 Å². The van der Waals surface area contributed by atoms with Gasteiger partial charge in [-0.1, -0.05) is 18.2 Å². The van der Waals surface area contributed by atoms with Crippen LogP contribution in [0.1, 0.15) is 24.6 Å². The quantitative estimate of drug-likeness (QED) is 0.343. The van der Waals surface area contributed by atoms with Crippen molar-refractivity contribution in [3.63, 3.8) is 0 Å². The molecule has 1 aliphatic heterocycles. The molecule has 2 N–H and O–H groups in total. The van der Waals surface area contributed by atoms with E-state index in [0.717, 1.165) is 18.4 Å². The summed E-state index contributed by atoms with van der Waals surface area (Å²) >= 11 is 0. The molecule has 10 heteroatoms. The molecule has 1 aromatic carbocycles. The number of benzene rings is 1. The Morgan fingerprint density at radius 3 is 2.87 bits per heavy atom. The number of halogens is 1. The predicted octanol–water partition coefficient (Wildman–Crippen LogP) is 4.07. The largest absolute Gasteiger partial charge is 0.484 e. The van der Waals surface area contributed by atoms with Gasteiger partial charge in [-0.2, -0.15) is 0 Å². The minimum absolute atomic E-state index is 0.00123. The van der Waals surface area contributed by atoms with Crippen LogP contribution in [-0.4, -0.2) is 69.0 Å². The SMILES string of the molecule is CN(C)C/C=C/C(=O)N1CCCC(n2cc(-c3ccc(OCc4ccccn4)c(F)c3)c3c(N)ncnc32)C1. The molecular formula is C29H32FN7O2. The number of nitrogens with zero attached hydrogens (tertiary/aromatic N) is 6. The number of likely N-dealkylation sites (N-methyl/N-ethyl adjacent to an activating group) is 1. The summed E-state index contributed by atoms with van der Waals surface area (Å²) in [7, 11) is 3.92. The monoisotopic (exact) mass is 529 g/mol. The Morgan fingerprint density at radius 1 is 1.23 bits per heavy atom. The molecule has 202 valence electrons. The van der Waals surface area contributed by atoms with Crippen LogP contribution in [0.5, 0.6) is 5.75 Å². The average molecular weight is 530 g/mol. The lowest BCUT2D eigenvalue weighted by Crippen LogP contribution is -2.39. The third kappa shape index (κ3) is 5.91. The van der Waals surface area contributed by atoms with Crippen molar-refractivity contribution in [2.75, 3.05) is 39.5 Å². The lowest BCUT2D eigenvalue weighted by atomic mass is 10.1. The summed E-state index contributed by atoms with van der Waals surface area (Å²) in [5.41, 5.74) is 9.04. The van der Waals surface area contributed by atoms with E-state index < -0.39 is 5.82 Å². The molecule has 3 aromatic heterocycles. The summed E-state index contributed by atoms with van der Waals surface area (Å²) in [6.07, 6.45) is 10.3. The van der Waals surface area contributed by atoms with Crippen molar-refractivity contribution in [1.82, 2.24) is 29.3 Å². The summed E-state index contributed by atoms with van der Waals surface area (Å²) in [5.74, 6) is -0.0319. The molecular weight excluding hydrogens is 497 g/mol. The molecule has 1 aliphatic rings. The topological polar surface area (TPSA) is 102 Å². The number of carbonyl (C=O) groups is 1. The number of ether oxygens (including phenoxy) is 1. The van der Waals surface area contributed by atoms with E-state index in [0.29, 0.717) is 47.7 Å². The van der Waals surface area contributed by atoms with Crippen molar-refractivity contribution < 1.29 is 13.9 Å². The second kappa shape index (κ2) is 11.6. The number of amides is 1. The fraction of sp³-hybridized carbons (Fsp3) is 0.310. The lowest BCUT2D eigenvalue weighted by molar-refractivity contribution is -0.127. The second-order valence-corrected chi connectivity index (χ2v) is 9.91. The molecule has 0 aliphatic carbocycles. The van der Waals surface area contributed by atoms with Crippen LogP contribution >= 0.6 is 0 Å². The fourth-order valence-corrected chi connectivity index (χ4v) is 4.88. The molecule has 1 fully saturated rings. The number of hydrogen-bond donors (Lipinski definition) is 1. The molecule has 39 heavy (non-hydrogen) atoms. The van der Waals surface area contributed by atoms with Gasteiger partial charge in [0, 0.05) is 43.7 Å². The molecule has 1 saturated heterocycles. The Morgan fingerprint density at radius 2 is 2.10 bits per heavy atom. The maximum atomic E-state index is 15.1. The third-order valence-electron chi connectivity index (χ3n) is 6.82. The highest BCUT2D eigenvalue weighted by atomic mass is 19.1. The number of fused-ring (bicyclic) bond motifs is 1. The molecule has 4 heterocycles. The number of carbonyl (C=O) groups excluding carboxylic acids is 1. The zero-order chi connectivity index (χ0) is 27.4. The van der Waals surface area contributed by atoms with E-state index in [-0.39, 0.29) is 24.3 Å². The first kappa shape index (κ1) is 26.3. The van der Waals surface area contributed by atoms with Gasteiger partial charge in [0.1, 0.15) is 24.4 Å². The minimum atomic E-state index is -0.487. The van der Waals surface area contributed by atoms with Gasteiger partial charge in [0.2, 0.25) is 5.91 Å². The maximum Gasteiger partial charge on any atom is 0.246 e. The normalized spacial score (nSPS) is 15.9. The predicted molar refractivity (Wildman–Crippen MR) is 148 cm³/mol. The molecule has 4 aromatic rings. The number of piperidine rings is 1. The zero-order valence-electron chi connectivity index (χ0n) is 22.1. The number of hydrogen-bond acceptors (Lipinski definition) is 7. The number of aromatic nitrogens is 4. The molecule has 0 bridgehead atoms. The van der Waals surface area contributed by atoms with E-state index in [4.69, 9.17) is 10.5 Å². The number of nitrogens with two attached hydrogens (primary N) is 1. The molecule has 1 unspecified atom stereocenters. The standard InChI is InChI=1S/C29H32FN7O2/c1-35(2)13-6-9-26(38)36-14-5-8-22(16-36)37-17-23(27-28(31)33-19-34-29(27)37)20-10-11-25(24(30)15-20)39-18-21-7-3-4-12-32-21/h3-4,6-7,9-12,15,17,19,22H,5,8,13-14,16,18H2,1-2H3,(H2,31,33,34)/b9-6+. The van der Waals surface area contributed by atoms with Crippen molar-refractivity contribution in [3.05, 3.63) is 78.8 Å². The van der Waals surface area contributed by atoms with Crippen LogP contribution in [0.3, 0.4) is 0 Å². The molecule has 0 spiro atoms. The van der Waals surface area contributed by atoms with E-state index >= 15 is 4.39 Å². The third-order valence-corrected chi connectivity index (χ3v) is 6.82. The number of pyridine rings is 1. The van der Waals surface area contributed by atoms with Crippen molar-refractivity contribution in [2.24, 2.45) is 0 Å². The van der Waals surface area contributed by atoms with Crippen LogP contribution in [0.2, 0.25) is 0 Å². The average Bonchev–Trinajstić information content (AvgIpc) is 3.34. The Balaban J connectivity index is 1.41. The molecule has 0 radical (unpaired) electrons. The van der Waals surface area contributed by atoms with E-state index in [1.807, 2.05) is 54.4 Å². The van der Waals surface area contributed by atoms with Gasteiger partial charge in [-0.05, 0) is 56.8 Å². The minimum Gasteiger partial charge on any atom is -0.484 e. The molecule has 1 atom stereocenters. The summed E-state index contributed by atoms with van der Waals surface area (Å²) in [6, 6.07) is 10.3. The second-order valence-electron chi connectivity index (χ2n) is 9.91. The Hall–Kier alpha value is -4.31. The van der Waals surface area contributed by atoms with E-state index in [1.54, 1.807) is 24.4 Å². The summed E-state index contributed by atoms with van der Waals surface area (Å²) in [6.45, 7) is 2.12. The van der Waals surface area contributed by atoms with Crippen LogP contribution in [-0.2, 0) is 11.4 Å². The number of nitrogen functional groups attached to an aromatic ring is 1. The Bertz CT molecular complexity index is 1490. The lowest BCUT2D eigenvalue weighted by Gasteiger charge is -2.33. The molecule has 5 rings (SSSR count). The highest BCUT2D eigenvalue weighted by Gasteiger charge is 2.27. The summed E-state index contributed by atoms with van der Waals surface area (Å²) < 4.78 is 22.8. The van der Waals surface area contributed by atoms with Crippen molar-refractivity contribution in [2.45, 2.75) is 25.5 Å². The number of anilines is 1. The number of rotatable bonds is 8. The van der Waals surface area contributed by atoms with Crippen molar-refractivity contribution in [1.29, 1.82) is 0 Å². The van der Waals surface area contributed by atoms with Gasteiger partial charge in [-0.15, -0.1) is 0 Å². The van der Waals surface area contributed by atoms with Crippen LogP contribution in [0.4, 0.5) is 10.2 Å². The molecule has 1 amide bonds. The highest BCUT2D eigenvalue weighted by Crippen LogP contribution is 2.37. The van der Waals surface area contributed by atoms with E-state index in [2.05, 4.69) is 19.5 Å². The van der Waals surface area contributed by atoms with Crippen LogP contribution in [0.15, 0.2) is 67.3 Å². The fourth-order valence-electron chi connectivity index (χ4n) is 4.88. The molecule has 9 nitrogen and oxygen atoms in total. The Kier molecular flexibility index (Phi) is 7.83. The molecule has 0 saturated carbocycles. The smallest absolute Gasteiger partial charge is 0.246 e. The van der Waals surface area contributed by atoms with Crippen LogP contribution in [0, 0.1) is 5.82 Å². The first-order valence-electron chi connectivity index (χ1n) is 12.9. The van der Waals surface area contributed by atoms with E-state index in [9.17, 15) is 4.79 Å². The van der Waals surface area contributed by atoms with Gasteiger partial charge in [-0.3, -0.25) is 9.78 Å². The Labute approximate surface area is 226 Å². The first-order valence-corrected chi connectivity index (χ1v) is 12.9. The zero-order valence-corrected chi connectivity index (χ0v) is 22.1. The summed E-state index contributed by atoms with van der Waals surface area (Å²) in [5, 5.41) is 0.661. The van der Waals surface area contributed by atoms with Gasteiger partial charge < -0.3 is 24.8 Å². The summed E-state index contributed by atoms with van der Waals surface area (Å²) in [4.78, 5) is 29.6. The van der Waals surface area contributed by atoms with Gasteiger partial charge >= 0.3 is 0 Å². The van der Waals surface area contributed by atoms with Gasteiger partial charge in [0.15, 0.2) is 11.6 Å². The van der Waals surface area contributed by atoms with Crippen molar-refractivity contribution >= 4 is 22.8 Å². The highest BCUT2D eigenvalue weighted by molar-refractivity contribution is 6.00. The van der Waals surface area contributed by atoms with Crippen molar-refractivity contribution in [3.8, 4) is 16.9 Å². The first-order chi connectivity index (χ1) is 18.9.